The normalized spacial score (nSPS) is 9.51. The maximum atomic E-state index is 10.5. The molecule has 0 radical (unpaired) electrons. The first-order valence-electron chi connectivity index (χ1n) is 10.8. The fraction of sp³-hybridized carbons (Fsp3) is 0.440. The van der Waals surface area contributed by atoms with Gasteiger partial charge in [0.05, 0.1) is 13.4 Å². The van der Waals surface area contributed by atoms with Crippen LogP contribution in [0, 0.1) is 0 Å². The van der Waals surface area contributed by atoms with Crippen LogP contribution in [-0.4, -0.2) is 52.6 Å². The van der Waals surface area contributed by atoms with Crippen LogP contribution in [0.25, 0.3) is 0 Å². The van der Waals surface area contributed by atoms with E-state index in [4.69, 9.17) is 14.6 Å². The van der Waals surface area contributed by atoms with Crippen molar-refractivity contribution in [3.8, 4) is 0 Å². The molecule has 10 nitrogen and oxygen atoms in total. The van der Waals surface area contributed by atoms with E-state index in [0.29, 0.717) is 23.7 Å². The average molecular weight is 497 g/mol. The smallest absolute Gasteiger partial charge is 0.330 e. The first-order chi connectivity index (χ1) is 16.4. The van der Waals surface area contributed by atoms with Crippen molar-refractivity contribution >= 4 is 35.3 Å². The van der Waals surface area contributed by atoms with Crippen LogP contribution in [0.15, 0.2) is 47.1 Å². The Hall–Kier alpha value is -3.82. The molecule has 0 aliphatic rings. The lowest BCUT2D eigenvalue weighted by Crippen LogP contribution is -1.95. The van der Waals surface area contributed by atoms with Gasteiger partial charge in [0.2, 0.25) is 0 Å². The minimum Gasteiger partial charge on any atom is -0.478 e. The summed E-state index contributed by atoms with van der Waals surface area (Å²) >= 11 is 0. The van der Waals surface area contributed by atoms with Gasteiger partial charge in [0.15, 0.2) is 17.3 Å². The molecule has 196 valence electrons. The Bertz CT molecular complexity index is 801. The van der Waals surface area contributed by atoms with Gasteiger partial charge >= 0.3 is 17.9 Å². The van der Waals surface area contributed by atoms with E-state index in [0.717, 1.165) is 25.0 Å². The number of Topliss-reactive ketones (excluding diaryl/α,β-unsaturated/α-hetero) is 2. The summed E-state index contributed by atoms with van der Waals surface area (Å²) in [5, 5.41) is 15.6. The van der Waals surface area contributed by atoms with Crippen LogP contribution in [0.1, 0.15) is 76.8 Å². The number of ether oxygens (including phenoxy) is 1. The summed E-state index contributed by atoms with van der Waals surface area (Å²) in [7, 11) is 1.26. The first-order valence-corrected chi connectivity index (χ1v) is 10.8. The monoisotopic (exact) mass is 496 g/mol. The lowest BCUT2D eigenvalue weighted by molar-refractivity contribution is -0.135. The number of unbranched alkanes of at least 4 members (excludes halogenated alkanes) is 4. The third-order valence-electron chi connectivity index (χ3n) is 3.52. The Kier molecular flexibility index (Phi) is 25.4. The van der Waals surface area contributed by atoms with Crippen LogP contribution in [0.4, 0.5) is 0 Å². The van der Waals surface area contributed by atoms with Crippen LogP contribution < -0.4 is 0 Å². The van der Waals surface area contributed by atoms with Crippen molar-refractivity contribution in [2.24, 2.45) is 0 Å². The largest absolute Gasteiger partial charge is 0.478 e. The second-order valence-electron chi connectivity index (χ2n) is 6.88. The highest BCUT2D eigenvalue weighted by Crippen LogP contribution is 2.04. The van der Waals surface area contributed by atoms with Gasteiger partial charge in [-0.25, -0.2) is 14.4 Å². The molecule has 0 spiro atoms. The SMILES string of the molecule is CC(=O)c1ccco1.CCCCCCCC(C)=O.COC(=O)/C=C/C(C)=O.O=C(O)/C=C/C(=O)O. The van der Waals surface area contributed by atoms with E-state index in [2.05, 4.69) is 11.7 Å². The summed E-state index contributed by atoms with van der Waals surface area (Å²) < 4.78 is 8.97. The molecular formula is C25H36O10. The molecule has 1 heterocycles. The van der Waals surface area contributed by atoms with E-state index < -0.39 is 17.9 Å². The number of hydrogen-bond acceptors (Lipinski definition) is 8. The molecule has 35 heavy (non-hydrogen) atoms. The number of hydrogen-bond donors (Lipinski definition) is 2. The number of aliphatic carboxylic acids is 2. The molecule has 0 aliphatic carbocycles. The molecular weight excluding hydrogens is 460 g/mol. The first kappa shape index (κ1) is 35.8. The van der Waals surface area contributed by atoms with E-state index >= 15 is 0 Å². The lowest BCUT2D eigenvalue weighted by atomic mass is 10.1. The van der Waals surface area contributed by atoms with Crippen molar-refractivity contribution in [1.29, 1.82) is 0 Å². The summed E-state index contributed by atoms with van der Waals surface area (Å²) in [6.45, 7) is 6.70. The number of carboxylic acids is 2. The Morgan fingerprint density at radius 2 is 1.40 bits per heavy atom. The van der Waals surface area contributed by atoms with E-state index in [1.165, 1.54) is 52.9 Å². The van der Waals surface area contributed by atoms with E-state index in [9.17, 15) is 28.8 Å². The zero-order valence-corrected chi connectivity index (χ0v) is 20.9. The van der Waals surface area contributed by atoms with Gasteiger partial charge < -0.3 is 24.2 Å². The predicted molar refractivity (Wildman–Crippen MR) is 129 cm³/mol. The average Bonchev–Trinajstić information content (AvgIpc) is 3.32. The number of carboxylic acid groups (broad SMARTS) is 2. The Labute approximate surface area is 205 Å². The van der Waals surface area contributed by atoms with Gasteiger partial charge in [-0.1, -0.05) is 32.6 Å². The summed E-state index contributed by atoms with van der Waals surface area (Å²) in [5.74, 6) is -2.47. The molecule has 2 N–H and O–H groups in total. The van der Waals surface area contributed by atoms with Gasteiger partial charge in [-0.15, -0.1) is 0 Å². The minimum absolute atomic E-state index is 0.0324. The van der Waals surface area contributed by atoms with Crippen molar-refractivity contribution in [2.75, 3.05) is 7.11 Å². The number of carbonyl (C=O) groups is 6. The molecule has 0 unspecified atom stereocenters. The highest BCUT2D eigenvalue weighted by molar-refractivity contribution is 5.94. The molecule has 0 amide bonds. The Balaban J connectivity index is -0.000000391. The van der Waals surface area contributed by atoms with Gasteiger partial charge in [0.25, 0.3) is 0 Å². The molecule has 0 aromatic carbocycles. The Morgan fingerprint density at radius 3 is 1.71 bits per heavy atom. The van der Waals surface area contributed by atoms with E-state index in [1.807, 2.05) is 0 Å². The topological polar surface area (TPSA) is 165 Å². The third-order valence-corrected chi connectivity index (χ3v) is 3.52. The van der Waals surface area contributed by atoms with Crippen molar-refractivity contribution in [3.05, 3.63) is 48.5 Å². The molecule has 0 saturated carbocycles. The van der Waals surface area contributed by atoms with Gasteiger partial charge in [0.1, 0.15) is 5.78 Å². The fourth-order valence-corrected chi connectivity index (χ4v) is 1.85. The number of esters is 1. The van der Waals surface area contributed by atoms with Gasteiger partial charge in [-0.2, -0.15) is 0 Å². The van der Waals surface area contributed by atoms with Gasteiger partial charge in [-0.3, -0.25) is 9.59 Å². The zero-order chi connectivity index (χ0) is 27.6. The molecule has 1 rings (SSSR count). The number of rotatable bonds is 11. The minimum atomic E-state index is -1.26. The van der Waals surface area contributed by atoms with Gasteiger partial charge in [-0.05, 0) is 38.5 Å². The molecule has 0 fully saturated rings. The van der Waals surface area contributed by atoms with Crippen LogP contribution in [0.2, 0.25) is 0 Å². The van der Waals surface area contributed by atoms with E-state index in [-0.39, 0.29) is 11.6 Å². The van der Waals surface area contributed by atoms with Crippen LogP contribution in [0.5, 0.6) is 0 Å². The molecule has 1 aromatic heterocycles. The van der Waals surface area contributed by atoms with Crippen molar-refractivity contribution < 1.29 is 48.1 Å². The molecule has 0 aliphatic heterocycles. The summed E-state index contributed by atoms with van der Waals surface area (Å²) in [6, 6.07) is 3.33. The number of allylic oxidation sites excluding steroid dienone is 1. The maximum Gasteiger partial charge on any atom is 0.330 e. The third kappa shape index (κ3) is 35.0. The van der Waals surface area contributed by atoms with Gasteiger partial charge in [0, 0.05) is 31.6 Å². The Morgan fingerprint density at radius 1 is 0.857 bits per heavy atom. The highest BCUT2D eigenvalue weighted by atomic mass is 16.5. The molecule has 0 atom stereocenters. The zero-order valence-electron chi connectivity index (χ0n) is 20.9. The van der Waals surface area contributed by atoms with Crippen LogP contribution in [-0.2, 0) is 28.7 Å². The predicted octanol–water partition coefficient (Wildman–Crippen LogP) is 4.43. The highest BCUT2D eigenvalue weighted by Gasteiger charge is 1.97. The maximum absolute atomic E-state index is 10.5. The quantitative estimate of drug-likeness (QED) is 0.194. The fourth-order valence-electron chi connectivity index (χ4n) is 1.85. The molecule has 0 bridgehead atoms. The van der Waals surface area contributed by atoms with E-state index in [1.54, 1.807) is 19.1 Å². The van der Waals surface area contributed by atoms with Crippen LogP contribution in [0.3, 0.4) is 0 Å². The molecule has 0 saturated heterocycles. The summed E-state index contributed by atoms with van der Waals surface area (Å²) in [6.07, 6.45) is 11.8. The van der Waals surface area contributed by atoms with Crippen LogP contribution >= 0.6 is 0 Å². The van der Waals surface area contributed by atoms with Crippen molar-refractivity contribution in [2.45, 2.75) is 66.2 Å². The molecule has 10 heteroatoms. The summed E-state index contributed by atoms with van der Waals surface area (Å²) in [5.41, 5.74) is 0. The number of carbonyl (C=O) groups excluding carboxylic acids is 4. The number of ketones is 3. The van der Waals surface area contributed by atoms with Crippen molar-refractivity contribution in [1.82, 2.24) is 0 Å². The standard InChI is InChI=1S/C9H18O.C6H8O3.C6H6O2.C4H4O4/c1-3-4-5-6-7-8-9(2)10;1-5(7)3-4-6(8)9-2;1-5(7)6-3-2-4-8-6;5-3(6)1-2-4(7)8/h3-8H2,1-2H3;3-4H,1-2H3;2-4H,1H3;1-2H,(H,5,6)(H,7,8)/b;4-3+;;2-1+. The van der Waals surface area contributed by atoms with Crippen molar-refractivity contribution in [3.63, 3.8) is 0 Å². The number of furan rings is 1. The molecule has 1 aromatic rings. The number of methoxy groups -OCH3 is 1. The summed E-state index contributed by atoms with van der Waals surface area (Å²) in [4.78, 5) is 60.4. The lowest BCUT2D eigenvalue weighted by Gasteiger charge is -1.95. The second kappa shape index (κ2) is 24.8. The second-order valence-corrected chi connectivity index (χ2v) is 6.88.